The van der Waals surface area contributed by atoms with E-state index in [4.69, 9.17) is 25.8 Å². The average Bonchev–Trinajstić information content (AvgIpc) is 2.53. The van der Waals surface area contributed by atoms with Crippen molar-refractivity contribution in [2.45, 2.75) is 6.42 Å². The quantitative estimate of drug-likeness (QED) is 0.877. The first-order valence-electron chi connectivity index (χ1n) is 6.91. The Morgan fingerprint density at radius 1 is 1.04 bits per heavy atom. The van der Waals surface area contributed by atoms with Crippen LogP contribution >= 0.6 is 11.6 Å². The first kappa shape index (κ1) is 17.0. The number of hydrogen-bond acceptors (Lipinski definition) is 4. The molecule has 0 aliphatic carbocycles. The van der Waals surface area contributed by atoms with Crippen LogP contribution in [0, 0.1) is 0 Å². The van der Waals surface area contributed by atoms with Crippen LogP contribution in [-0.2, 0) is 11.2 Å². The van der Waals surface area contributed by atoms with E-state index in [0.717, 1.165) is 5.56 Å². The Bertz CT molecular complexity index is 678. The molecule has 122 valence electrons. The molecule has 0 aromatic heterocycles. The van der Waals surface area contributed by atoms with Crippen molar-refractivity contribution >= 4 is 23.2 Å². The van der Waals surface area contributed by atoms with Crippen LogP contribution in [-0.4, -0.2) is 27.2 Å². The molecule has 1 amide bonds. The smallest absolute Gasteiger partial charge is 0.228 e. The monoisotopic (exact) mass is 335 g/mol. The second-order valence-corrected chi connectivity index (χ2v) is 5.21. The largest absolute Gasteiger partial charge is 0.493 e. The molecule has 2 aromatic rings. The normalized spacial score (nSPS) is 10.1. The lowest BCUT2D eigenvalue weighted by Gasteiger charge is -2.14. The summed E-state index contributed by atoms with van der Waals surface area (Å²) in [6.07, 6.45) is 0.170. The van der Waals surface area contributed by atoms with Crippen LogP contribution in [0.1, 0.15) is 5.56 Å². The Morgan fingerprint density at radius 3 is 2.22 bits per heavy atom. The van der Waals surface area contributed by atoms with Crippen molar-refractivity contribution in [1.29, 1.82) is 0 Å². The van der Waals surface area contributed by atoms with Gasteiger partial charge in [0.25, 0.3) is 0 Å². The number of ether oxygens (including phenoxy) is 3. The molecule has 0 unspecified atom stereocenters. The van der Waals surface area contributed by atoms with Gasteiger partial charge in [-0.3, -0.25) is 4.79 Å². The number of carbonyl (C=O) groups excluding carboxylic acids is 1. The van der Waals surface area contributed by atoms with E-state index in [9.17, 15) is 4.79 Å². The maximum atomic E-state index is 12.2. The fourth-order valence-corrected chi connectivity index (χ4v) is 2.38. The van der Waals surface area contributed by atoms with Crippen LogP contribution in [0.15, 0.2) is 36.4 Å². The number of anilines is 1. The molecule has 0 heterocycles. The topological polar surface area (TPSA) is 56.8 Å². The zero-order valence-corrected chi connectivity index (χ0v) is 13.9. The van der Waals surface area contributed by atoms with Crippen molar-refractivity contribution in [3.8, 4) is 17.2 Å². The van der Waals surface area contributed by atoms with Gasteiger partial charge in [0.2, 0.25) is 11.7 Å². The number of hydrogen-bond donors (Lipinski definition) is 1. The summed E-state index contributed by atoms with van der Waals surface area (Å²) in [4.78, 5) is 12.2. The van der Waals surface area contributed by atoms with Crippen LogP contribution in [0.2, 0.25) is 5.02 Å². The number of halogens is 1. The van der Waals surface area contributed by atoms with E-state index in [1.165, 1.54) is 21.3 Å². The number of rotatable bonds is 6. The van der Waals surface area contributed by atoms with Crippen LogP contribution in [0.5, 0.6) is 17.2 Å². The van der Waals surface area contributed by atoms with Crippen LogP contribution < -0.4 is 19.5 Å². The van der Waals surface area contributed by atoms with Gasteiger partial charge in [0.15, 0.2) is 11.5 Å². The van der Waals surface area contributed by atoms with Gasteiger partial charge in [-0.25, -0.2) is 0 Å². The Balaban J connectivity index is 2.17. The molecule has 0 aliphatic rings. The molecule has 2 rings (SSSR count). The average molecular weight is 336 g/mol. The minimum absolute atomic E-state index is 0.165. The molecule has 0 saturated heterocycles. The van der Waals surface area contributed by atoms with Crippen molar-refractivity contribution in [2.75, 3.05) is 26.6 Å². The molecule has 5 nitrogen and oxygen atoms in total. The van der Waals surface area contributed by atoms with E-state index in [1.54, 1.807) is 36.4 Å². The van der Waals surface area contributed by atoms with Crippen LogP contribution in [0.25, 0.3) is 0 Å². The molecular formula is C17H18ClNO4. The highest BCUT2D eigenvalue weighted by Crippen LogP contribution is 2.38. The van der Waals surface area contributed by atoms with Gasteiger partial charge in [-0.05, 0) is 35.9 Å². The second kappa shape index (κ2) is 7.74. The van der Waals surface area contributed by atoms with Gasteiger partial charge in [0.1, 0.15) is 0 Å². The van der Waals surface area contributed by atoms with Crippen molar-refractivity contribution in [2.24, 2.45) is 0 Å². The van der Waals surface area contributed by atoms with Crippen LogP contribution in [0.4, 0.5) is 5.69 Å². The van der Waals surface area contributed by atoms with E-state index in [0.29, 0.717) is 28.0 Å². The SMILES string of the molecule is COc1cc(CC(=O)Nc2cccc(Cl)c2)cc(OC)c1OC. The third kappa shape index (κ3) is 4.29. The predicted molar refractivity (Wildman–Crippen MR) is 89.9 cm³/mol. The highest BCUT2D eigenvalue weighted by Gasteiger charge is 2.15. The molecular weight excluding hydrogens is 318 g/mol. The summed E-state index contributed by atoms with van der Waals surface area (Å²) in [7, 11) is 4.60. The van der Waals surface area contributed by atoms with Gasteiger partial charge in [-0.15, -0.1) is 0 Å². The summed E-state index contributed by atoms with van der Waals surface area (Å²) in [6, 6.07) is 10.5. The van der Waals surface area contributed by atoms with Gasteiger partial charge >= 0.3 is 0 Å². The lowest BCUT2D eigenvalue weighted by Crippen LogP contribution is -2.14. The molecule has 23 heavy (non-hydrogen) atoms. The van der Waals surface area contributed by atoms with Gasteiger partial charge < -0.3 is 19.5 Å². The highest BCUT2D eigenvalue weighted by molar-refractivity contribution is 6.30. The highest BCUT2D eigenvalue weighted by atomic mass is 35.5. The molecule has 0 fully saturated rings. The van der Waals surface area contributed by atoms with E-state index >= 15 is 0 Å². The van der Waals surface area contributed by atoms with Gasteiger partial charge in [-0.1, -0.05) is 17.7 Å². The Morgan fingerprint density at radius 2 is 1.70 bits per heavy atom. The fourth-order valence-electron chi connectivity index (χ4n) is 2.19. The van der Waals surface area contributed by atoms with Crippen molar-refractivity contribution in [3.63, 3.8) is 0 Å². The molecule has 0 radical (unpaired) electrons. The first-order valence-corrected chi connectivity index (χ1v) is 7.29. The lowest BCUT2D eigenvalue weighted by atomic mass is 10.1. The molecule has 0 bridgehead atoms. The standard InChI is InChI=1S/C17H18ClNO4/c1-21-14-7-11(8-15(22-2)17(14)23-3)9-16(20)19-13-6-4-5-12(18)10-13/h4-8,10H,9H2,1-3H3,(H,19,20). The Hall–Kier alpha value is -2.40. The summed E-state index contributed by atoms with van der Waals surface area (Å²) in [6.45, 7) is 0. The molecule has 0 aliphatic heterocycles. The van der Waals surface area contributed by atoms with Gasteiger partial charge in [0.05, 0.1) is 27.8 Å². The summed E-state index contributed by atoms with van der Waals surface area (Å²) < 4.78 is 15.8. The Kier molecular flexibility index (Phi) is 5.71. The van der Waals surface area contributed by atoms with Crippen molar-refractivity contribution in [1.82, 2.24) is 0 Å². The molecule has 2 aromatic carbocycles. The van der Waals surface area contributed by atoms with Crippen molar-refractivity contribution < 1.29 is 19.0 Å². The van der Waals surface area contributed by atoms with E-state index in [-0.39, 0.29) is 12.3 Å². The molecule has 0 atom stereocenters. The summed E-state index contributed by atoms with van der Waals surface area (Å²) in [5, 5.41) is 3.36. The summed E-state index contributed by atoms with van der Waals surface area (Å²) in [5.74, 6) is 1.35. The zero-order valence-electron chi connectivity index (χ0n) is 13.2. The minimum atomic E-state index is -0.165. The van der Waals surface area contributed by atoms with E-state index in [1.807, 2.05) is 0 Å². The zero-order chi connectivity index (χ0) is 16.8. The molecule has 0 saturated carbocycles. The fraction of sp³-hybridized carbons (Fsp3) is 0.235. The maximum absolute atomic E-state index is 12.2. The lowest BCUT2D eigenvalue weighted by molar-refractivity contribution is -0.115. The third-order valence-corrected chi connectivity index (χ3v) is 3.43. The first-order chi connectivity index (χ1) is 11.1. The predicted octanol–water partition coefficient (Wildman–Crippen LogP) is 3.55. The number of nitrogens with one attached hydrogen (secondary N) is 1. The molecule has 6 heteroatoms. The van der Waals surface area contributed by atoms with Crippen molar-refractivity contribution in [3.05, 3.63) is 47.0 Å². The summed E-state index contributed by atoms with van der Waals surface area (Å²) >= 11 is 5.90. The van der Waals surface area contributed by atoms with E-state index < -0.39 is 0 Å². The Labute approximate surface area is 140 Å². The summed E-state index contributed by atoms with van der Waals surface area (Å²) in [5.41, 5.74) is 1.40. The number of carbonyl (C=O) groups is 1. The second-order valence-electron chi connectivity index (χ2n) is 4.77. The van der Waals surface area contributed by atoms with Gasteiger partial charge in [-0.2, -0.15) is 0 Å². The molecule has 1 N–H and O–H groups in total. The minimum Gasteiger partial charge on any atom is -0.493 e. The number of methoxy groups -OCH3 is 3. The number of amides is 1. The van der Waals surface area contributed by atoms with Gasteiger partial charge in [0, 0.05) is 10.7 Å². The maximum Gasteiger partial charge on any atom is 0.228 e. The third-order valence-electron chi connectivity index (χ3n) is 3.20. The number of benzene rings is 2. The van der Waals surface area contributed by atoms with E-state index in [2.05, 4.69) is 5.32 Å². The van der Waals surface area contributed by atoms with Crippen LogP contribution in [0.3, 0.4) is 0 Å². The molecule has 0 spiro atoms.